The third-order valence-corrected chi connectivity index (χ3v) is 4.33. The van der Waals surface area contributed by atoms with Gasteiger partial charge in [0.15, 0.2) is 0 Å². The van der Waals surface area contributed by atoms with Crippen LogP contribution in [0.5, 0.6) is 0 Å². The summed E-state index contributed by atoms with van der Waals surface area (Å²) in [4.78, 5) is 2.34. The van der Waals surface area contributed by atoms with E-state index in [0.717, 1.165) is 13.0 Å². The van der Waals surface area contributed by atoms with E-state index in [1.807, 2.05) is 0 Å². The second-order valence-electron chi connectivity index (χ2n) is 5.65. The predicted octanol–water partition coefficient (Wildman–Crippen LogP) is 3.92. The molecule has 18 heavy (non-hydrogen) atoms. The average Bonchev–Trinajstić information content (AvgIpc) is 2.44. The molecule has 1 aromatic carbocycles. The van der Waals surface area contributed by atoms with Crippen LogP contribution in [0.3, 0.4) is 0 Å². The van der Waals surface area contributed by atoms with Crippen molar-refractivity contribution in [3.05, 3.63) is 29.8 Å². The lowest BCUT2D eigenvalue weighted by molar-refractivity contribution is -0.0357. The van der Waals surface area contributed by atoms with Gasteiger partial charge >= 0.3 is 0 Å². The van der Waals surface area contributed by atoms with Gasteiger partial charge in [-0.1, -0.05) is 37.5 Å². The largest absolute Gasteiger partial charge is 0.374 e. The number of para-hydroxylation sites is 1. The molecule has 1 aliphatic carbocycles. The molecule has 0 radical (unpaired) electrons. The van der Waals surface area contributed by atoms with E-state index in [-0.39, 0.29) is 0 Å². The van der Waals surface area contributed by atoms with E-state index in [2.05, 4.69) is 36.2 Å². The molecule has 1 aliphatic heterocycles. The Morgan fingerprint density at radius 3 is 2.67 bits per heavy atom. The minimum absolute atomic E-state index is 0.320. The number of fused-ring (bicyclic) bond motifs is 1. The van der Waals surface area contributed by atoms with E-state index < -0.39 is 0 Å². The molecule has 0 N–H and O–H groups in total. The molecule has 0 bridgehead atoms. The number of hydrogen-bond donors (Lipinski definition) is 0. The molecular formula is C16H23NO. The maximum Gasteiger partial charge on any atom is 0.0865 e. The van der Waals surface area contributed by atoms with Crippen molar-refractivity contribution in [1.29, 1.82) is 0 Å². The van der Waals surface area contributed by atoms with Crippen molar-refractivity contribution < 1.29 is 4.74 Å². The van der Waals surface area contributed by atoms with Crippen molar-refractivity contribution in [3.8, 4) is 0 Å². The van der Waals surface area contributed by atoms with Crippen LogP contribution >= 0.6 is 0 Å². The lowest BCUT2D eigenvalue weighted by atomic mass is 9.95. The van der Waals surface area contributed by atoms with Crippen LogP contribution in [0.15, 0.2) is 24.3 Å². The van der Waals surface area contributed by atoms with Crippen molar-refractivity contribution in [3.63, 3.8) is 0 Å². The predicted molar refractivity (Wildman–Crippen MR) is 75.0 cm³/mol. The van der Waals surface area contributed by atoms with Gasteiger partial charge in [-0.25, -0.2) is 0 Å². The van der Waals surface area contributed by atoms with E-state index in [0.29, 0.717) is 12.2 Å². The van der Waals surface area contributed by atoms with Gasteiger partial charge in [0.05, 0.1) is 12.2 Å². The Balaban J connectivity index is 1.75. The van der Waals surface area contributed by atoms with Gasteiger partial charge in [0.2, 0.25) is 0 Å². The molecular weight excluding hydrogens is 222 g/mol. The summed E-state index contributed by atoms with van der Waals surface area (Å²) in [7, 11) is 2.18. The Morgan fingerprint density at radius 1 is 1.06 bits per heavy atom. The van der Waals surface area contributed by atoms with Crippen LogP contribution < -0.4 is 4.90 Å². The fourth-order valence-corrected chi connectivity index (χ4v) is 3.27. The second kappa shape index (κ2) is 5.31. The average molecular weight is 245 g/mol. The Morgan fingerprint density at radius 2 is 1.83 bits per heavy atom. The van der Waals surface area contributed by atoms with E-state index in [1.165, 1.54) is 43.4 Å². The van der Waals surface area contributed by atoms with Crippen LogP contribution in [0.1, 0.15) is 50.2 Å². The summed E-state index contributed by atoms with van der Waals surface area (Å²) in [6.07, 6.45) is 8.55. The third-order valence-electron chi connectivity index (χ3n) is 4.33. The van der Waals surface area contributed by atoms with Crippen molar-refractivity contribution in [2.45, 2.75) is 50.7 Å². The maximum absolute atomic E-state index is 6.38. The quantitative estimate of drug-likeness (QED) is 0.783. The first-order valence-corrected chi connectivity index (χ1v) is 7.30. The van der Waals surface area contributed by atoms with Crippen LogP contribution in [0, 0.1) is 0 Å². The first-order valence-electron chi connectivity index (χ1n) is 7.30. The molecule has 2 aliphatic rings. The minimum atomic E-state index is 0.320. The normalized spacial score (nSPS) is 24.9. The molecule has 98 valence electrons. The molecule has 3 rings (SSSR count). The van der Waals surface area contributed by atoms with Crippen LogP contribution in [-0.2, 0) is 4.74 Å². The number of rotatable bonds is 2. The van der Waals surface area contributed by atoms with Gasteiger partial charge in [-0.3, -0.25) is 0 Å². The van der Waals surface area contributed by atoms with Crippen molar-refractivity contribution in [2.75, 3.05) is 18.5 Å². The Hall–Kier alpha value is -1.02. The summed E-state index contributed by atoms with van der Waals surface area (Å²) in [5, 5.41) is 0. The monoisotopic (exact) mass is 245 g/mol. The lowest BCUT2D eigenvalue weighted by Gasteiger charge is -2.35. The van der Waals surface area contributed by atoms with E-state index in [4.69, 9.17) is 4.74 Å². The molecule has 1 aromatic rings. The SMILES string of the molecule is CN1CCC(OC2CCCCC2)c2ccccc21. The van der Waals surface area contributed by atoms with Crippen LogP contribution in [-0.4, -0.2) is 19.7 Å². The van der Waals surface area contributed by atoms with E-state index in [1.54, 1.807) is 0 Å². The summed E-state index contributed by atoms with van der Waals surface area (Å²) in [5.41, 5.74) is 2.74. The molecule has 2 nitrogen and oxygen atoms in total. The number of ether oxygens (including phenoxy) is 1. The number of anilines is 1. The highest BCUT2D eigenvalue weighted by Gasteiger charge is 2.26. The highest BCUT2D eigenvalue weighted by molar-refractivity contribution is 5.55. The molecule has 0 spiro atoms. The Labute approximate surface area is 110 Å². The van der Waals surface area contributed by atoms with Crippen LogP contribution in [0.4, 0.5) is 5.69 Å². The Kier molecular flexibility index (Phi) is 3.55. The van der Waals surface area contributed by atoms with Crippen LogP contribution in [0.2, 0.25) is 0 Å². The van der Waals surface area contributed by atoms with E-state index in [9.17, 15) is 0 Å². The molecule has 1 saturated carbocycles. The lowest BCUT2D eigenvalue weighted by Crippen LogP contribution is -2.30. The van der Waals surface area contributed by atoms with Gasteiger partial charge in [-0.2, -0.15) is 0 Å². The number of hydrogen-bond acceptors (Lipinski definition) is 2. The molecule has 0 aromatic heterocycles. The zero-order chi connectivity index (χ0) is 12.4. The molecule has 0 amide bonds. The van der Waals surface area contributed by atoms with Gasteiger partial charge < -0.3 is 9.64 Å². The molecule has 1 atom stereocenters. The third kappa shape index (κ3) is 2.39. The van der Waals surface area contributed by atoms with Gasteiger partial charge in [0.1, 0.15) is 0 Å². The first-order chi connectivity index (χ1) is 8.84. The summed E-state index contributed by atoms with van der Waals surface area (Å²) in [6, 6.07) is 8.71. The van der Waals surface area contributed by atoms with E-state index >= 15 is 0 Å². The number of nitrogens with zero attached hydrogens (tertiary/aromatic N) is 1. The highest BCUT2D eigenvalue weighted by Crippen LogP contribution is 2.37. The highest BCUT2D eigenvalue weighted by atomic mass is 16.5. The summed E-state index contributed by atoms with van der Waals surface area (Å²) < 4.78 is 6.38. The summed E-state index contributed by atoms with van der Waals surface area (Å²) in [6.45, 7) is 1.11. The van der Waals surface area contributed by atoms with Gasteiger partial charge in [0.25, 0.3) is 0 Å². The smallest absolute Gasteiger partial charge is 0.0865 e. The zero-order valence-electron chi connectivity index (χ0n) is 11.3. The topological polar surface area (TPSA) is 12.5 Å². The fraction of sp³-hybridized carbons (Fsp3) is 0.625. The van der Waals surface area contributed by atoms with Crippen LogP contribution in [0.25, 0.3) is 0 Å². The van der Waals surface area contributed by atoms with Gasteiger partial charge in [-0.05, 0) is 25.3 Å². The van der Waals surface area contributed by atoms with Crippen molar-refractivity contribution in [2.24, 2.45) is 0 Å². The molecule has 1 heterocycles. The second-order valence-corrected chi connectivity index (χ2v) is 5.65. The standard InChI is InChI=1S/C16H23NO/c1-17-12-11-16(14-9-5-6-10-15(14)17)18-13-7-3-2-4-8-13/h5-6,9-10,13,16H,2-4,7-8,11-12H2,1H3. The first kappa shape index (κ1) is 12.0. The summed E-state index contributed by atoms with van der Waals surface area (Å²) in [5.74, 6) is 0. The minimum Gasteiger partial charge on any atom is -0.374 e. The van der Waals surface area contributed by atoms with Crippen molar-refractivity contribution >= 4 is 5.69 Å². The maximum atomic E-state index is 6.38. The van der Waals surface area contributed by atoms with Gasteiger partial charge in [0, 0.05) is 24.8 Å². The number of benzene rings is 1. The Bertz CT molecular complexity index is 398. The zero-order valence-corrected chi connectivity index (χ0v) is 11.3. The van der Waals surface area contributed by atoms with Gasteiger partial charge in [-0.15, -0.1) is 0 Å². The molecule has 1 fully saturated rings. The van der Waals surface area contributed by atoms with Crippen molar-refractivity contribution in [1.82, 2.24) is 0 Å². The summed E-state index contributed by atoms with van der Waals surface area (Å²) >= 11 is 0. The fourth-order valence-electron chi connectivity index (χ4n) is 3.27. The molecule has 1 unspecified atom stereocenters. The molecule has 0 saturated heterocycles. The molecule has 2 heteroatoms.